The molecule has 0 amide bonds. The SMILES string of the molecule is CC(=O)/C=C/C(=O)OC1CCCCC1OC(=O)/C=C/C(C)=O. The number of rotatable bonds is 6. The highest BCUT2D eigenvalue weighted by atomic mass is 16.6. The second-order valence-corrected chi connectivity index (χ2v) is 5.12. The minimum atomic E-state index is -0.637. The first-order valence-corrected chi connectivity index (χ1v) is 7.17. The molecular weight excluding hydrogens is 288 g/mol. The van der Waals surface area contributed by atoms with Gasteiger partial charge in [-0.1, -0.05) is 0 Å². The first kappa shape index (κ1) is 17.8. The fourth-order valence-electron chi connectivity index (χ4n) is 2.08. The zero-order chi connectivity index (χ0) is 16.5. The molecule has 2 unspecified atom stereocenters. The monoisotopic (exact) mass is 308 g/mol. The first-order valence-electron chi connectivity index (χ1n) is 7.17. The molecule has 2 atom stereocenters. The fraction of sp³-hybridized carbons (Fsp3) is 0.500. The molecule has 6 heteroatoms. The number of allylic oxidation sites excluding steroid dienone is 2. The largest absolute Gasteiger partial charge is 0.455 e. The van der Waals surface area contributed by atoms with E-state index in [1.807, 2.05) is 0 Å². The van der Waals surface area contributed by atoms with Crippen molar-refractivity contribution in [1.29, 1.82) is 0 Å². The van der Waals surface area contributed by atoms with Gasteiger partial charge in [0.05, 0.1) is 0 Å². The van der Waals surface area contributed by atoms with Crippen LogP contribution >= 0.6 is 0 Å². The van der Waals surface area contributed by atoms with Gasteiger partial charge in [-0.15, -0.1) is 0 Å². The smallest absolute Gasteiger partial charge is 0.331 e. The van der Waals surface area contributed by atoms with Gasteiger partial charge in [-0.2, -0.15) is 0 Å². The molecule has 1 fully saturated rings. The van der Waals surface area contributed by atoms with E-state index in [4.69, 9.17) is 9.47 Å². The van der Waals surface area contributed by atoms with Crippen molar-refractivity contribution in [3.05, 3.63) is 24.3 Å². The lowest BCUT2D eigenvalue weighted by Gasteiger charge is -2.30. The number of ether oxygens (including phenoxy) is 2. The standard InChI is InChI=1S/C16H20O6/c1-11(17)7-9-15(19)21-13-5-3-4-6-14(13)22-16(20)10-8-12(2)18/h7-10,13-14H,3-6H2,1-2H3/b9-7+,10-8+. The van der Waals surface area contributed by atoms with Gasteiger partial charge in [0.15, 0.2) is 11.6 Å². The highest BCUT2D eigenvalue weighted by molar-refractivity contribution is 5.95. The van der Waals surface area contributed by atoms with E-state index in [-0.39, 0.29) is 11.6 Å². The van der Waals surface area contributed by atoms with Crippen LogP contribution in [0.3, 0.4) is 0 Å². The number of carbonyl (C=O) groups excluding carboxylic acids is 4. The van der Waals surface area contributed by atoms with E-state index in [9.17, 15) is 19.2 Å². The van der Waals surface area contributed by atoms with E-state index >= 15 is 0 Å². The van der Waals surface area contributed by atoms with Gasteiger partial charge >= 0.3 is 11.9 Å². The van der Waals surface area contributed by atoms with Crippen LogP contribution in [0.1, 0.15) is 39.5 Å². The zero-order valence-electron chi connectivity index (χ0n) is 12.7. The van der Waals surface area contributed by atoms with Crippen molar-refractivity contribution in [3.8, 4) is 0 Å². The third kappa shape index (κ3) is 6.97. The van der Waals surface area contributed by atoms with E-state index in [1.54, 1.807) is 0 Å². The van der Waals surface area contributed by atoms with E-state index < -0.39 is 24.1 Å². The van der Waals surface area contributed by atoms with Crippen molar-refractivity contribution < 1.29 is 28.7 Å². The normalized spacial score (nSPS) is 21.7. The predicted molar refractivity (Wildman–Crippen MR) is 77.9 cm³/mol. The quantitative estimate of drug-likeness (QED) is 0.548. The van der Waals surface area contributed by atoms with E-state index in [1.165, 1.54) is 13.8 Å². The zero-order valence-corrected chi connectivity index (χ0v) is 12.7. The Hall–Kier alpha value is -2.24. The summed E-state index contributed by atoms with van der Waals surface area (Å²) in [5.41, 5.74) is 0. The number of carbonyl (C=O) groups is 4. The molecule has 120 valence electrons. The second kappa shape index (κ2) is 8.92. The molecule has 0 aromatic rings. The van der Waals surface area contributed by atoms with Gasteiger partial charge < -0.3 is 9.47 Å². The number of hydrogen-bond donors (Lipinski definition) is 0. The van der Waals surface area contributed by atoms with Crippen molar-refractivity contribution in [1.82, 2.24) is 0 Å². The minimum Gasteiger partial charge on any atom is -0.455 e. The Labute approximate surface area is 129 Å². The van der Waals surface area contributed by atoms with Crippen LogP contribution in [0.4, 0.5) is 0 Å². The molecule has 0 saturated heterocycles. The van der Waals surface area contributed by atoms with Crippen molar-refractivity contribution in [2.24, 2.45) is 0 Å². The molecule has 1 aliphatic carbocycles. The summed E-state index contributed by atoms with van der Waals surface area (Å²) >= 11 is 0. The number of esters is 2. The molecule has 0 radical (unpaired) electrons. The second-order valence-electron chi connectivity index (χ2n) is 5.12. The Balaban J connectivity index is 2.59. The van der Waals surface area contributed by atoms with Crippen LogP contribution in [0.25, 0.3) is 0 Å². The molecule has 0 aromatic heterocycles. The van der Waals surface area contributed by atoms with Gasteiger partial charge in [-0.3, -0.25) is 9.59 Å². The van der Waals surface area contributed by atoms with Crippen LogP contribution < -0.4 is 0 Å². The van der Waals surface area contributed by atoms with Crippen LogP contribution in [0.2, 0.25) is 0 Å². The van der Waals surface area contributed by atoms with Crippen molar-refractivity contribution in [3.63, 3.8) is 0 Å². The Morgan fingerprint density at radius 2 is 1.09 bits per heavy atom. The maximum atomic E-state index is 11.6. The predicted octanol–water partition coefficient (Wildman–Crippen LogP) is 1.67. The minimum absolute atomic E-state index is 0.252. The van der Waals surface area contributed by atoms with Gasteiger partial charge in [0.1, 0.15) is 12.2 Å². The highest BCUT2D eigenvalue weighted by Gasteiger charge is 2.30. The first-order chi connectivity index (χ1) is 10.4. The summed E-state index contributed by atoms with van der Waals surface area (Å²) in [6.07, 6.45) is 6.22. The summed E-state index contributed by atoms with van der Waals surface area (Å²) in [4.78, 5) is 44.8. The van der Waals surface area contributed by atoms with Gasteiger partial charge in [-0.05, 0) is 51.7 Å². The highest BCUT2D eigenvalue weighted by Crippen LogP contribution is 2.24. The maximum Gasteiger partial charge on any atom is 0.331 e. The van der Waals surface area contributed by atoms with Crippen LogP contribution in [0.5, 0.6) is 0 Å². The topological polar surface area (TPSA) is 86.7 Å². The Morgan fingerprint density at radius 1 is 0.727 bits per heavy atom. The summed E-state index contributed by atoms with van der Waals surface area (Å²) in [5, 5.41) is 0. The van der Waals surface area contributed by atoms with Crippen LogP contribution in [0, 0.1) is 0 Å². The molecule has 0 spiro atoms. The molecule has 22 heavy (non-hydrogen) atoms. The van der Waals surface area contributed by atoms with Gasteiger partial charge in [0.25, 0.3) is 0 Å². The van der Waals surface area contributed by atoms with E-state index in [2.05, 4.69) is 0 Å². The molecule has 1 aliphatic rings. The Kier molecular flexibility index (Phi) is 7.22. The molecule has 1 rings (SSSR count). The van der Waals surface area contributed by atoms with Crippen molar-refractivity contribution in [2.75, 3.05) is 0 Å². The maximum absolute atomic E-state index is 11.6. The summed E-state index contributed by atoms with van der Waals surface area (Å²) in [5.74, 6) is -1.78. The van der Waals surface area contributed by atoms with E-state index in [0.29, 0.717) is 12.8 Å². The third-order valence-electron chi connectivity index (χ3n) is 3.09. The third-order valence-corrected chi connectivity index (χ3v) is 3.09. The molecule has 0 N–H and O–H groups in total. The van der Waals surface area contributed by atoms with Gasteiger partial charge in [0, 0.05) is 12.2 Å². The molecule has 0 aliphatic heterocycles. The molecule has 6 nitrogen and oxygen atoms in total. The summed E-state index contributed by atoms with van der Waals surface area (Å²) in [7, 11) is 0. The van der Waals surface area contributed by atoms with Crippen LogP contribution in [-0.2, 0) is 28.7 Å². The molecule has 0 aromatic carbocycles. The summed E-state index contributed by atoms with van der Waals surface area (Å²) in [6, 6.07) is 0. The molecular formula is C16H20O6. The Bertz CT molecular complexity index is 457. The molecule has 0 bridgehead atoms. The Morgan fingerprint density at radius 3 is 1.41 bits per heavy atom. The summed E-state index contributed by atoms with van der Waals surface area (Å²) < 4.78 is 10.5. The average Bonchev–Trinajstić information content (AvgIpc) is 2.45. The fourth-order valence-corrected chi connectivity index (χ4v) is 2.08. The number of ketones is 2. The van der Waals surface area contributed by atoms with Crippen molar-refractivity contribution >= 4 is 23.5 Å². The van der Waals surface area contributed by atoms with Crippen LogP contribution in [-0.4, -0.2) is 35.7 Å². The summed E-state index contributed by atoms with van der Waals surface area (Å²) in [6.45, 7) is 2.66. The van der Waals surface area contributed by atoms with Gasteiger partial charge in [-0.25, -0.2) is 9.59 Å². The lowest BCUT2D eigenvalue weighted by atomic mass is 9.94. The van der Waals surface area contributed by atoms with E-state index in [0.717, 1.165) is 37.1 Å². The molecule has 0 heterocycles. The molecule has 1 saturated carbocycles. The lowest BCUT2D eigenvalue weighted by molar-refractivity contribution is -0.165. The van der Waals surface area contributed by atoms with Crippen LogP contribution in [0.15, 0.2) is 24.3 Å². The lowest BCUT2D eigenvalue weighted by Crippen LogP contribution is -2.37. The average molecular weight is 308 g/mol. The number of hydrogen-bond acceptors (Lipinski definition) is 6. The van der Waals surface area contributed by atoms with Crippen molar-refractivity contribution in [2.45, 2.75) is 51.7 Å². The van der Waals surface area contributed by atoms with Gasteiger partial charge in [0.2, 0.25) is 0 Å².